The monoisotopic (exact) mass is 277 g/mol. The van der Waals surface area contributed by atoms with Crippen LogP contribution in [0.1, 0.15) is 18.4 Å². The van der Waals surface area contributed by atoms with Crippen molar-refractivity contribution in [1.82, 2.24) is 0 Å². The van der Waals surface area contributed by atoms with Crippen LogP contribution >= 0.6 is 11.6 Å². The number of hydrogen-bond donors (Lipinski definition) is 2. The van der Waals surface area contributed by atoms with E-state index >= 15 is 0 Å². The number of rotatable bonds is 6. The summed E-state index contributed by atoms with van der Waals surface area (Å²) in [7, 11) is -3.33. The predicted octanol–water partition coefficient (Wildman–Crippen LogP) is 2.46. The van der Waals surface area contributed by atoms with Crippen molar-refractivity contribution in [3.8, 4) is 5.75 Å². The largest absolute Gasteiger partial charge is 0.508 e. The molecule has 2 N–H and O–H groups in total. The molecule has 1 aromatic carbocycles. The summed E-state index contributed by atoms with van der Waals surface area (Å²) in [6, 6.07) is 4.50. The number of hydrogen-bond acceptors (Lipinski definition) is 3. The van der Waals surface area contributed by atoms with Gasteiger partial charge in [-0.2, -0.15) is 0 Å². The number of anilines is 1. The van der Waals surface area contributed by atoms with Gasteiger partial charge in [0.25, 0.3) is 0 Å². The van der Waals surface area contributed by atoms with Gasteiger partial charge in [0.1, 0.15) is 5.75 Å². The highest BCUT2D eigenvalue weighted by Crippen LogP contribution is 2.21. The minimum atomic E-state index is -3.33. The fourth-order valence-electron chi connectivity index (χ4n) is 1.37. The highest BCUT2D eigenvalue weighted by atomic mass is 35.5. The van der Waals surface area contributed by atoms with Gasteiger partial charge >= 0.3 is 0 Å². The van der Waals surface area contributed by atoms with E-state index in [0.717, 1.165) is 0 Å². The second-order valence-electron chi connectivity index (χ2n) is 3.82. The highest BCUT2D eigenvalue weighted by Gasteiger charge is 2.11. The number of unbranched alkanes of at least 4 members (excludes halogenated alkanes) is 1. The van der Waals surface area contributed by atoms with E-state index in [9.17, 15) is 13.5 Å². The molecule has 0 atom stereocenters. The summed E-state index contributed by atoms with van der Waals surface area (Å²) < 4.78 is 25.9. The lowest BCUT2D eigenvalue weighted by atomic mass is 10.2. The topological polar surface area (TPSA) is 66.4 Å². The van der Waals surface area contributed by atoms with Crippen LogP contribution < -0.4 is 4.72 Å². The third-order valence-corrected chi connectivity index (χ3v) is 3.90. The molecule has 96 valence electrons. The molecule has 6 heteroatoms. The van der Waals surface area contributed by atoms with Crippen LogP contribution in [0.25, 0.3) is 0 Å². The first-order valence-corrected chi connectivity index (χ1v) is 7.49. The Bertz CT molecular complexity index is 474. The molecule has 0 aliphatic heterocycles. The van der Waals surface area contributed by atoms with Crippen molar-refractivity contribution in [2.45, 2.75) is 19.8 Å². The summed E-state index contributed by atoms with van der Waals surface area (Å²) in [4.78, 5) is 0. The van der Waals surface area contributed by atoms with Crippen molar-refractivity contribution in [2.24, 2.45) is 0 Å². The van der Waals surface area contributed by atoms with E-state index in [1.165, 1.54) is 12.1 Å². The van der Waals surface area contributed by atoms with Crippen LogP contribution in [0.5, 0.6) is 5.75 Å². The average molecular weight is 278 g/mol. The van der Waals surface area contributed by atoms with Gasteiger partial charge in [-0.3, -0.25) is 4.72 Å². The van der Waals surface area contributed by atoms with Crippen LogP contribution in [0, 0.1) is 6.92 Å². The molecule has 4 nitrogen and oxygen atoms in total. The lowest BCUT2D eigenvalue weighted by Gasteiger charge is -2.10. The van der Waals surface area contributed by atoms with Crippen LogP contribution in [0.4, 0.5) is 5.69 Å². The van der Waals surface area contributed by atoms with Gasteiger partial charge in [-0.1, -0.05) is 0 Å². The summed E-state index contributed by atoms with van der Waals surface area (Å²) in [5.74, 6) is 0.640. The Hall–Kier alpha value is -0.940. The molecule has 0 aliphatic rings. The zero-order valence-electron chi connectivity index (χ0n) is 9.61. The zero-order valence-corrected chi connectivity index (χ0v) is 11.2. The summed E-state index contributed by atoms with van der Waals surface area (Å²) in [6.45, 7) is 1.73. The number of nitrogens with one attached hydrogen (secondary N) is 1. The Morgan fingerprint density at radius 3 is 2.65 bits per heavy atom. The van der Waals surface area contributed by atoms with Crippen LogP contribution in [0.3, 0.4) is 0 Å². The fraction of sp³-hybridized carbons (Fsp3) is 0.455. The molecule has 0 unspecified atom stereocenters. The Morgan fingerprint density at radius 1 is 1.35 bits per heavy atom. The maximum atomic E-state index is 11.7. The summed E-state index contributed by atoms with van der Waals surface area (Å²) in [5.41, 5.74) is 1.18. The van der Waals surface area contributed by atoms with Crippen LogP contribution in [0.2, 0.25) is 0 Å². The van der Waals surface area contributed by atoms with Crippen molar-refractivity contribution >= 4 is 27.3 Å². The lowest BCUT2D eigenvalue weighted by molar-refractivity contribution is 0.475. The molecule has 1 rings (SSSR count). The first-order valence-electron chi connectivity index (χ1n) is 5.31. The molecule has 1 aromatic rings. The van der Waals surface area contributed by atoms with Crippen LogP contribution in [-0.4, -0.2) is 25.2 Å². The van der Waals surface area contributed by atoms with Crippen molar-refractivity contribution in [2.75, 3.05) is 16.4 Å². The molecule has 0 aromatic heterocycles. The molecule has 0 bridgehead atoms. The molecule has 0 saturated heterocycles. The van der Waals surface area contributed by atoms with E-state index in [-0.39, 0.29) is 11.5 Å². The van der Waals surface area contributed by atoms with Gasteiger partial charge in [-0.15, -0.1) is 11.6 Å². The number of halogens is 1. The van der Waals surface area contributed by atoms with Gasteiger partial charge in [0.05, 0.1) is 11.4 Å². The van der Waals surface area contributed by atoms with Gasteiger partial charge < -0.3 is 5.11 Å². The number of phenolic OH excluding ortho intramolecular Hbond substituents is 1. The molecule has 0 saturated carbocycles. The highest BCUT2D eigenvalue weighted by molar-refractivity contribution is 7.92. The van der Waals surface area contributed by atoms with Gasteiger partial charge in [-0.25, -0.2) is 8.42 Å². The third kappa shape index (κ3) is 4.83. The van der Waals surface area contributed by atoms with Crippen molar-refractivity contribution in [1.29, 1.82) is 0 Å². The van der Waals surface area contributed by atoms with Crippen LogP contribution in [-0.2, 0) is 10.0 Å². The van der Waals surface area contributed by atoms with Gasteiger partial charge in [0.2, 0.25) is 10.0 Å². The standard InChI is InChI=1S/C11H16ClNO3S/c1-9-8-10(14)4-5-11(9)13-17(15,16)7-3-2-6-12/h4-5,8,13-14H,2-3,6-7H2,1H3. The van der Waals surface area contributed by atoms with E-state index in [1.807, 2.05) is 0 Å². The first-order chi connectivity index (χ1) is 7.94. The van der Waals surface area contributed by atoms with Gasteiger partial charge in [0, 0.05) is 5.88 Å². The third-order valence-electron chi connectivity index (χ3n) is 2.27. The number of alkyl halides is 1. The average Bonchev–Trinajstić information content (AvgIpc) is 2.22. The maximum absolute atomic E-state index is 11.7. The van der Waals surface area contributed by atoms with Gasteiger partial charge in [0.15, 0.2) is 0 Å². The van der Waals surface area contributed by atoms with E-state index < -0.39 is 10.0 Å². The van der Waals surface area contributed by atoms with Crippen molar-refractivity contribution < 1.29 is 13.5 Å². The van der Waals surface area contributed by atoms with Crippen molar-refractivity contribution in [3.05, 3.63) is 23.8 Å². The van der Waals surface area contributed by atoms with E-state index in [4.69, 9.17) is 11.6 Å². The smallest absolute Gasteiger partial charge is 0.232 e. The van der Waals surface area contributed by atoms with Crippen LogP contribution in [0.15, 0.2) is 18.2 Å². The summed E-state index contributed by atoms with van der Waals surface area (Å²) >= 11 is 5.49. The fourth-order valence-corrected chi connectivity index (χ4v) is 2.81. The molecule has 0 heterocycles. The predicted molar refractivity (Wildman–Crippen MR) is 70.2 cm³/mol. The number of sulfonamides is 1. The molecule has 0 radical (unpaired) electrons. The summed E-state index contributed by atoms with van der Waals surface area (Å²) in [6.07, 6.45) is 1.22. The van der Waals surface area contributed by atoms with Crippen molar-refractivity contribution in [3.63, 3.8) is 0 Å². The molecule has 0 amide bonds. The molecular formula is C11H16ClNO3S. The molecule has 17 heavy (non-hydrogen) atoms. The maximum Gasteiger partial charge on any atom is 0.232 e. The lowest BCUT2D eigenvalue weighted by Crippen LogP contribution is -2.17. The Kier molecular flexibility index (Phi) is 5.08. The minimum Gasteiger partial charge on any atom is -0.508 e. The van der Waals surface area contributed by atoms with E-state index in [0.29, 0.717) is 30.0 Å². The van der Waals surface area contributed by atoms with Gasteiger partial charge in [-0.05, 0) is 43.5 Å². The molecule has 0 spiro atoms. The number of phenols is 1. The molecule has 0 aliphatic carbocycles. The minimum absolute atomic E-state index is 0.0556. The normalized spacial score (nSPS) is 11.4. The SMILES string of the molecule is Cc1cc(O)ccc1NS(=O)(=O)CCCCCl. The zero-order chi connectivity index (χ0) is 12.9. The number of aromatic hydroxyl groups is 1. The first kappa shape index (κ1) is 14.1. The Labute approximate surface area is 107 Å². The number of aryl methyl sites for hydroxylation is 1. The Balaban J connectivity index is 2.69. The summed E-state index contributed by atoms with van der Waals surface area (Å²) in [5, 5.41) is 9.22. The second kappa shape index (κ2) is 6.12. The second-order valence-corrected chi connectivity index (χ2v) is 6.04. The van der Waals surface area contributed by atoms with E-state index in [1.54, 1.807) is 13.0 Å². The van der Waals surface area contributed by atoms with E-state index in [2.05, 4.69) is 4.72 Å². The number of benzene rings is 1. The molecular weight excluding hydrogens is 262 g/mol. The Morgan fingerprint density at radius 2 is 2.06 bits per heavy atom. The quantitative estimate of drug-likeness (QED) is 0.477. The molecule has 0 fully saturated rings.